The van der Waals surface area contributed by atoms with E-state index in [2.05, 4.69) is 78.2 Å². The summed E-state index contributed by atoms with van der Waals surface area (Å²) in [5, 5.41) is 30.5. The van der Waals surface area contributed by atoms with Gasteiger partial charge in [-0.1, -0.05) is 53.1 Å². The third kappa shape index (κ3) is 16.9. The zero-order valence-electron chi connectivity index (χ0n) is 29.5. The van der Waals surface area contributed by atoms with Crippen LogP contribution >= 0.6 is 11.8 Å². The maximum Gasteiger partial charge on any atom is 1.00 e. The number of rotatable bonds is 15. The van der Waals surface area contributed by atoms with Gasteiger partial charge in [0.25, 0.3) is 11.6 Å². The quantitative estimate of drug-likeness (QED) is 0.0307. The Morgan fingerprint density at radius 3 is 2.39 bits per heavy atom. The molecule has 0 saturated carbocycles. The van der Waals surface area contributed by atoms with Gasteiger partial charge in [0.15, 0.2) is 0 Å². The molecular weight excluding hydrogens is 680 g/mol. The first-order chi connectivity index (χ1) is 22.4. The summed E-state index contributed by atoms with van der Waals surface area (Å²) in [6, 6.07) is 2.28. The molecule has 1 aromatic carbocycles. The van der Waals surface area contributed by atoms with Crippen molar-refractivity contribution in [1.82, 2.24) is 21.3 Å². The number of nitro benzene ring substituents is 1. The van der Waals surface area contributed by atoms with Gasteiger partial charge in [-0.2, -0.15) is 11.8 Å². The smallest absolute Gasteiger partial charge is 0.666 e. The fraction of sp³-hybridized carbons (Fsp3) is 0.677. The van der Waals surface area contributed by atoms with Gasteiger partial charge in [-0.05, 0) is 49.8 Å². The second-order valence-corrected chi connectivity index (χ2v) is 15.0. The monoisotopic (exact) mass is 727 g/mol. The minimum absolute atomic E-state index is 0. The largest absolute Gasteiger partial charge is 1.00 e. The van der Waals surface area contributed by atoms with Crippen LogP contribution in [0, 0.1) is 10.1 Å². The molecule has 0 aromatic heterocycles. The van der Waals surface area contributed by atoms with Crippen LogP contribution in [-0.2, 0) is 9.59 Å². The van der Waals surface area contributed by atoms with Gasteiger partial charge in [-0.15, -0.1) is 11.1 Å². The van der Waals surface area contributed by atoms with E-state index in [1.165, 1.54) is 6.07 Å². The molecule has 0 aliphatic carbocycles. The Balaban J connectivity index is 0.00000105. The predicted molar refractivity (Wildman–Crippen MR) is 186 cm³/mol. The van der Waals surface area contributed by atoms with Crippen LogP contribution in [0.2, 0.25) is 0 Å². The maximum atomic E-state index is 12.6. The summed E-state index contributed by atoms with van der Waals surface area (Å²) >= 11 is 1.84. The van der Waals surface area contributed by atoms with Gasteiger partial charge in [0.1, 0.15) is 5.56 Å². The summed E-state index contributed by atoms with van der Waals surface area (Å²) in [5.41, 5.74) is 15.3. The number of thioether (sulfide) groups is 1. The Morgan fingerprint density at radius 1 is 1.14 bits per heavy atom. The van der Waals surface area contributed by atoms with E-state index in [0.717, 1.165) is 37.1 Å². The molecule has 5 amide bonds. The molecule has 2 aliphatic heterocycles. The van der Waals surface area contributed by atoms with Crippen LogP contribution in [-0.4, -0.2) is 75.4 Å². The summed E-state index contributed by atoms with van der Waals surface area (Å²) in [6.07, 6.45) is 3.95. The molecule has 0 bridgehead atoms. The summed E-state index contributed by atoms with van der Waals surface area (Å²) < 4.78 is 0. The van der Waals surface area contributed by atoms with E-state index >= 15 is 0 Å². The number of urea groups is 1. The predicted octanol–water partition coefficient (Wildman–Crippen LogP) is 3.19. The van der Waals surface area contributed by atoms with Crippen molar-refractivity contribution in [3.8, 4) is 0 Å². The van der Waals surface area contributed by atoms with E-state index in [0.29, 0.717) is 31.1 Å². The second kappa shape index (κ2) is 21.0. The first-order valence-corrected chi connectivity index (χ1v) is 17.0. The van der Waals surface area contributed by atoms with Crippen molar-refractivity contribution in [2.75, 3.05) is 12.3 Å². The van der Waals surface area contributed by atoms with Gasteiger partial charge >= 0.3 is 57.4 Å². The van der Waals surface area contributed by atoms with E-state index in [1.807, 2.05) is 11.8 Å². The number of fused-ring (bicyclic) bond motifs is 1. The fourth-order valence-electron chi connectivity index (χ4n) is 5.55. The first-order valence-electron chi connectivity index (χ1n) is 16.0. The third-order valence-electron chi connectivity index (χ3n) is 7.20. The molecule has 2 saturated heterocycles. The Kier molecular flexibility index (Phi) is 19.1. The average Bonchev–Trinajstić information content (AvgIpc) is 3.51. The van der Waals surface area contributed by atoms with Gasteiger partial charge in [-0.3, -0.25) is 19.7 Å². The minimum atomic E-state index is -1.19. The molecule has 4 atom stereocenters. The van der Waals surface area contributed by atoms with Crippen molar-refractivity contribution in [2.24, 2.45) is 5.11 Å². The van der Waals surface area contributed by atoms with Gasteiger partial charge in [-0.25, -0.2) is 4.79 Å². The number of azide groups is 1. The molecule has 1 aromatic rings. The van der Waals surface area contributed by atoms with Gasteiger partial charge < -0.3 is 37.1 Å². The third-order valence-corrected chi connectivity index (χ3v) is 8.71. The van der Waals surface area contributed by atoms with Crippen LogP contribution in [0.25, 0.3) is 21.5 Å². The van der Waals surface area contributed by atoms with Crippen molar-refractivity contribution < 1.29 is 75.5 Å². The van der Waals surface area contributed by atoms with Gasteiger partial charge in [0.2, 0.25) is 5.91 Å². The van der Waals surface area contributed by atoms with Crippen LogP contribution in [0.4, 0.5) is 16.2 Å². The van der Waals surface area contributed by atoms with Crippen LogP contribution < -0.4 is 72.7 Å². The Bertz CT molecular complexity index is 1350. The molecule has 3 rings (SSSR count). The van der Waals surface area contributed by atoms with Crippen molar-refractivity contribution in [3.63, 3.8) is 0 Å². The van der Waals surface area contributed by atoms with E-state index in [-0.39, 0.29) is 104 Å². The number of unbranched alkanes of at least 4 members (excludes halogenated alkanes) is 2. The van der Waals surface area contributed by atoms with E-state index < -0.39 is 28.5 Å². The van der Waals surface area contributed by atoms with E-state index in [1.54, 1.807) is 0 Å². The van der Waals surface area contributed by atoms with Crippen molar-refractivity contribution in [1.29, 1.82) is 0 Å². The second-order valence-electron chi connectivity index (χ2n) is 13.7. The zero-order valence-corrected chi connectivity index (χ0v) is 33.4. The number of hydrogen-bond donors (Lipinski definition) is 4. The number of nitrogens with one attached hydrogen (secondary N) is 5. The SMILES string of the molecule is CC(C)(C)[N-]C(C)(C)C.[K+].[N-]=[N+]=Nc1ccc([N+](=O)[O-])c(C(=O)NC(CCCCNC(=O)CCCCC2SCC3NC(=O)NC32)C([NH-])=O)c1. The molecule has 0 radical (unpaired) electrons. The van der Waals surface area contributed by atoms with Crippen molar-refractivity contribution in [3.05, 3.63) is 55.4 Å². The summed E-state index contributed by atoms with van der Waals surface area (Å²) in [4.78, 5) is 61.0. The average molecular weight is 728 g/mol. The number of benzene rings is 1. The standard InChI is InChI=1S/C23H31N9O6S.C8H18N.K/c24-21(34)15(27-22(35)14-11-13(30-31-25)8-9-17(14)32(37)38)5-3-4-10-26-19(33)7-2-1-6-18-20-16(12-39-18)28-23(36)29-20;1-7(2,3)9-8(4,5)6;/h8-9,11,15-16,18,20H,1-7,10,12H2,(H6,24,26,27,28,29,33,34,35,36);1-6H3;/q;-1;+1/p-1. The maximum absolute atomic E-state index is 12.6. The molecule has 0 spiro atoms. The van der Waals surface area contributed by atoms with Gasteiger partial charge in [0, 0.05) is 40.6 Å². The molecule has 2 heterocycles. The Hall–Kier alpha value is -2.44. The van der Waals surface area contributed by atoms with Crippen molar-refractivity contribution in [2.45, 2.75) is 121 Å². The molecule has 16 nitrogen and oxygen atoms in total. The van der Waals surface area contributed by atoms with Crippen LogP contribution in [0.3, 0.4) is 0 Å². The van der Waals surface area contributed by atoms with E-state index in [4.69, 9.17) is 11.3 Å². The zero-order chi connectivity index (χ0) is 36.1. The molecule has 266 valence electrons. The molecular formula is C31H48KN10O6S-. The molecule has 49 heavy (non-hydrogen) atoms. The molecule has 18 heteroatoms. The molecule has 4 unspecified atom stereocenters. The Morgan fingerprint density at radius 2 is 1.82 bits per heavy atom. The minimum Gasteiger partial charge on any atom is -0.666 e. The van der Waals surface area contributed by atoms with Gasteiger partial charge in [0.05, 0.1) is 29.0 Å². The number of carbonyl (C=O) groups is 4. The summed E-state index contributed by atoms with van der Waals surface area (Å²) in [6.45, 7) is 13.1. The summed E-state index contributed by atoms with van der Waals surface area (Å²) in [5.74, 6) is -1.18. The topological polar surface area (TPSA) is 246 Å². The Labute approximate surface area is 334 Å². The van der Waals surface area contributed by atoms with Crippen LogP contribution in [0.1, 0.15) is 96.8 Å². The number of nitro groups is 1. The van der Waals surface area contributed by atoms with Crippen LogP contribution in [0.15, 0.2) is 23.3 Å². The molecule has 5 N–H and O–H groups in total. The number of amides is 5. The fourth-order valence-corrected chi connectivity index (χ4v) is 7.10. The number of nitrogens with zero attached hydrogens (tertiary/aromatic N) is 5. The number of carbonyl (C=O) groups excluding carboxylic acids is 4. The van der Waals surface area contributed by atoms with Crippen molar-refractivity contribution >= 4 is 46.9 Å². The van der Waals surface area contributed by atoms with E-state index in [9.17, 15) is 29.3 Å². The first kappa shape index (κ1) is 44.6. The molecule has 2 fully saturated rings. The normalized spacial score (nSPS) is 18.6. The molecule has 2 aliphatic rings. The number of hydrogen-bond acceptors (Lipinski definition) is 8. The van der Waals surface area contributed by atoms with Crippen LogP contribution in [0.5, 0.6) is 0 Å². The summed E-state index contributed by atoms with van der Waals surface area (Å²) in [7, 11) is 0.